The molecule has 1 aromatic carbocycles. The van der Waals surface area contributed by atoms with Gasteiger partial charge in [-0.1, -0.05) is 13.3 Å². The summed E-state index contributed by atoms with van der Waals surface area (Å²) in [4.78, 5) is 48.6. The van der Waals surface area contributed by atoms with E-state index < -0.39 is 64.4 Å². The number of halogens is 3. The highest BCUT2D eigenvalue weighted by atomic mass is 19.4. The lowest BCUT2D eigenvalue weighted by atomic mass is 10.1. The van der Waals surface area contributed by atoms with Crippen LogP contribution in [-0.2, 0) is 11.0 Å². The van der Waals surface area contributed by atoms with Crippen LogP contribution in [0.25, 0.3) is 5.69 Å². The average Bonchev–Trinajstić information content (AvgIpc) is 2.72. The van der Waals surface area contributed by atoms with Gasteiger partial charge in [0.2, 0.25) is 5.88 Å². The fourth-order valence-corrected chi connectivity index (χ4v) is 2.82. The van der Waals surface area contributed by atoms with E-state index >= 15 is 0 Å². The molecule has 0 bridgehead atoms. The van der Waals surface area contributed by atoms with Gasteiger partial charge in [-0.2, -0.15) is 13.2 Å². The highest BCUT2D eigenvalue weighted by molar-refractivity contribution is 6.05. The third-order valence-corrected chi connectivity index (χ3v) is 4.45. The Morgan fingerprint density at radius 2 is 1.58 bits per heavy atom. The molecule has 0 aliphatic carbocycles. The number of carbonyl (C=O) groups excluding carboxylic acids is 2. The Balaban J connectivity index is 2.72. The van der Waals surface area contributed by atoms with Gasteiger partial charge in [-0.3, -0.25) is 19.2 Å². The molecule has 33 heavy (non-hydrogen) atoms. The van der Waals surface area contributed by atoms with Gasteiger partial charge in [0.1, 0.15) is 17.7 Å². The van der Waals surface area contributed by atoms with Crippen molar-refractivity contribution in [2.75, 3.05) is 13.1 Å². The van der Waals surface area contributed by atoms with Crippen molar-refractivity contribution in [1.82, 2.24) is 15.2 Å². The summed E-state index contributed by atoms with van der Waals surface area (Å²) < 4.78 is 39.0. The van der Waals surface area contributed by atoms with Crippen molar-refractivity contribution >= 4 is 17.8 Å². The lowest BCUT2D eigenvalue weighted by Crippen LogP contribution is -2.36. The van der Waals surface area contributed by atoms with Crippen molar-refractivity contribution in [3.63, 3.8) is 0 Å². The highest BCUT2D eigenvalue weighted by Crippen LogP contribution is 2.32. The van der Waals surface area contributed by atoms with E-state index in [1.54, 1.807) is 0 Å². The lowest BCUT2D eigenvalue weighted by molar-refractivity contribution is -0.138. The number of amides is 2. The average molecular weight is 471 g/mol. The minimum absolute atomic E-state index is 0.107. The monoisotopic (exact) mass is 471 g/mol. The summed E-state index contributed by atoms with van der Waals surface area (Å²) in [5, 5.41) is 33.9. The van der Waals surface area contributed by atoms with Crippen LogP contribution >= 0.6 is 0 Å². The van der Waals surface area contributed by atoms with Crippen molar-refractivity contribution in [3.8, 4) is 17.3 Å². The number of carboxylic acid groups (broad SMARTS) is 1. The second kappa shape index (κ2) is 10.1. The fraction of sp³-hybridized carbons (Fsp3) is 0.300. The molecule has 0 spiro atoms. The van der Waals surface area contributed by atoms with E-state index in [2.05, 4.69) is 5.32 Å². The summed E-state index contributed by atoms with van der Waals surface area (Å²) in [5.41, 5.74) is -4.68. The van der Waals surface area contributed by atoms with E-state index in [9.17, 15) is 42.6 Å². The van der Waals surface area contributed by atoms with Crippen LogP contribution in [0.3, 0.4) is 0 Å². The Kier molecular flexibility index (Phi) is 7.69. The fourth-order valence-electron chi connectivity index (χ4n) is 2.82. The minimum atomic E-state index is -4.69. The number of aliphatic carboxylic acids is 1. The van der Waals surface area contributed by atoms with E-state index in [1.165, 1.54) is 0 Å². The number of nitrogens with one attached hydrogen (secondary N) is 2. The van der Waals surface area contributed by atoms with Gasteiger partial charge >= 0.3 is 12.1 Å². The number of nitrogens with zero attached hydrogens (tertiary/aromatic N) is 1. The molecule has 5 N–H and O–H groups in total. The summed E-state index contributed by atoms with van der Waals surface area (Å²) in [7, 11) is 0. The van der Waals surface area contributed by atoms with Crippen molar-refractivity contribution in [2.24, 2.45) is 0 Å². The van der Waals surface area contributed by atoms with Crippen LogP contribution in [0, 0.1) is 0 Å². The van der Waals surface area contributed by atoms with Crippen molar-refractivity contribution in [1.29, 1.82) is 0 Å². The summed E-state index contributed by atoms with van der Waals surface area (Å²) in [6, 6.07) is 2.86. The van der Waals surface area contributed by atoms with Crippen LogP contribution in [0.1, 0.15) is 46.0 Å². The van der Waals surface area contributed by atoms with Crippen molar-refractivity contribution < 1.29 is 42.9 Å². The number of carboxylic acids is 1. The molecular weight excluding hydrogens is 451 g/mol. The van der Waals surface area contributed by atoms with E-state index in [0.29, 0.717) is 29.5 Å². The maximum Gasteiger partial charge on any atom is 0.416 e. The number of pyridine rings is 1. The molecule has 178 valence electrons. The molecule has 0 aliphatic rings. The number of alkyl halides is 3. The topological polar surface area (TPSA) is 158 Å². The number of aromatic nitrogens is 1. The zero-order valence-electron chi connectivity index (χ0n) is 17.2. The number of aromatic hydroxyl groups is 2. The Labute approximate surface area is 184 Å². The van der Waals surface area contributed by atoms with Gasteiger partial charge in [-0.15, -0.1) is 0 Å². The predicted molar refractivity (Wildman–Crippen MR) is 108 cm³/mol. The molecular formula is C20H20F3N3O7. The molecule has 0 atom stereocenters. The van der Waals surface area contributed by atoms with Gasteiger partial charge in [0.15, 0.2) is 5.75 Å². The first-order valence-electron chi connectivity index (χ1n) is 9.56. The smallest absolute Gasteiger partial charge is 0.416 e. The lowest BCUT2D eigenvalue weighted by Gasteiger charge is -2.17. The Hall–Kier alpha value is -4.03. The molecule has 0 saturated carbocycles. The van der Waals surface area contributed by atoms with E-state index in [-0.39, 0.29) is 12.2 Å². The van der Waals surface area contributed by atoms with E-state index in [0.717, 1.165) is 12.1 Å². The Bertz CT molecular complexity index is 1130. The minimum Gasteiger partial charge on any atom is -0.506 e. The van der Waals surface area contributed by atoms with Crippen molar-refractivity contribution in [3.05, 3.63) is 51.3 Å². The summed E-state index contributed by atoms with van der Waals surface area (Å²) >= 11 is 0. The van der Waals surface area contributed by atoms with Gasteiger partial charge in [-0.25, -0.2) is 4.57 Å². The third-order valence-electron chi connectivity index (χ3n) is 4.45. The van der Waals surface area contributed by atoms with Gasteiger partial charge in [0.05, 0.1) is 11.3 Å². The molecule has 0 aliphatic heterocycles. The maximum atomic E-state index is 12.9. The number of hydrogen-bond acceptors (Lipinski definition) is 6. The molecule has 13 heteroatoms. The molecule has 0 saturated heterocycles. The molecule has 1 aromatic heterocycles. The summed E-state index contributed by atoms with van der Waals surface area (Å²) in [6.07, 6.45) is -3.49. The number of hydrogen-bond donors (Lipinski definition) is 5. The van der Waals surface area contributed by atoms with Gasteiger partial charge in [0, 0.05) is 6.54 Å². The molecule has 2 aromatic rings. The summed E-state index contributed by atoms with van der Waals surface area (Å²) in [5.74, 6) is -6.31. The second-order valence-electron chi connectivity index (χ2n) is 6.79. The summed E-state index contributed by atoms with van der Waals surface area (Å²) in [6.45, 7) is 1.01. The molecule has 2 amide bonds. The van der Waals surface area contributed by atoms with Crippen LogP contribution < -0.4 is 16.2 Å². The Morgan fingerprint density at radius 1 is 1.00 bits per heavy atom. The van der Waals surface area contributed by atoms with Gasteiger partial charge < -0.3 is 26.0 Å². The Morgan fingerprint density at radius 3 is 2.09 bits per heavy atom. The quantitative estimate of drug-likeness (QED) is 0.366. The zero-order chi connectivity index (χ0) is 24.9. The molecule has 1 heterocycles. The second-order valence-corrected chi connectivity index (χ2v) is 6.79. The predicted octanol–water partition coefficient (Wildman–Crippen LogP) is 1.61. The van der Waals surface area contributed by atoms with Crippen LogP contribution in [0.5, 0.6) is 11.6 Å². The number of carbonyl (C=O) groups is 3. The maximum absolute atomic E-state index is 12.9. The van der Waals surface area contributed by atoms with E-state index in [4.69, 9.17) is 5.11 Å². The van der Waals surface area contributed by atoms with Crippen LogP contribution in [-0.4, -0.2) is 50.8 Å². The number of rotatable bonds is 8. The van der Waals surface area contributed by atoms with Gasteiger partial charge in [-0.05, 0) is 30.7 Å². The standard InChI is InChI=1S/C20H20F3N3O7/c1-2-3-8-24-16(30)13-15(29)14(17(31)25-9-12(27)28)19(33)26(18(13)32)11-6-4-10(5-7-11)20(21,22)23/h4-7,29,33H,2-3,8-9H2,1H3,(H,24,30)(H,25,31)(H,27,28). The molecule has 10 nitrogen and oxygen atoms in total. The molecule has 2 rings (SSSR count). The van der Waals surface area contributed by atoms with E-state index in [1.807, 2.05) is 12.2 Å². The molecule has 0 unspecified atom stereocenters. The zero-order valence-corrected chi connectivity index (χ0v) is 17.2. The SMILES string of the molecule is CCCCNC(=O)c1c(O)c(C(=O)NCC(=O)O)c(O)n(-c2ccc(C(F)(F)F)cc2)c1=O. The highest BCUT2D eigenvalue weighted by Gasteiger charge is 2.32. The number of benzene rings is 1. The molecule has 0 radical (unpaired) electrons. The first-order valence-corrected chi connectivity index (χ1v) is 9.56. The van der Waals surface area contributed by atoms with Crippen molar-refractivity contribution in [2.45, 2.75) is 25.9 Å². The largest absolute Gasteiger partial charge is 0.506 e. The molecule has 0 fully saturated rings. The number of unbranched alkanes of at least 4 members (excludes halogenated alkanes) is 1. The first-order chi connectivity index (χ1) is 15.4. The van der Waals surface area contributed by atoms with Gasteiger partial charge in [0.25, 0.3) is 17.4 Å². The third kappa shape index (κ3) is 5.61. The van der Waals surface area contributed by atoms with Crippen LogP contribution in [0.2, 0.25) is 0 Å². The van der Waals surface area contributed by atoms with Crippen LogP contribution in [0.15, 0.2) is 29.1 Å². The van der Waals surface area contributed by atoms with Crippen LogP contribution in [0.4, 0.5) is 13.2 Å². The first kappa shape index (κ1) is 25.2. The normalized spacial score (nSPS) is 11.2.